The average molecular weight is 388 g/mol. The van der Waals surface area contributed by atoms with Gasteiger partial charge in [-0.2, -0.15) is 0 Å². The maximum atomic E-state index is 12.4. The lowest BCUT2D eigenvalue weighted by Crippen LogP contribution is -2.29. The van der Waals surface area contributed by atoms with Crippen molar-refractivity contribution in [2.24, 2.45) is 0 Å². The molecule has 0 spiro atoms. The molecule has 0 unspecified atom stereocenters. The molecule has 0 aliphatic carbocycles. The van der Waals surface area contributed by atoms with E-state index in [1.165, 1.54) is 18.2 Å². The Morgan fingerprint density at radius 3 is 2.52 bits per heavy atom. The molecule has 0 aromatic heterocycles. The number of fused-ring (bicyclic) bond motifs is 1. The first-order valence-electron chi connectivity index (χ1n) is 8.08. The molecule has 0 atom stereocenters. The molecule has 27 heavy (non-hydrogen) atoms. The molecule has 9 heteroatoms. The van der Waals surface area contributed by atoms with Gasteiger partial charge in [-0.3, -0.25) is 9.59 Å². The molecule has 2 amide bonds. The third-order valence-corrected chi connectivity index (χ3v) is 6.14. The first-order valence-corrected chi connectivity index (χ1v) is 9.52. The van der Waals surface area contributed by atoms with E-state index in [1.54, 1.807) is 25.1 Å². The van der Waals surface area contributed by atoms with Crippen molar-refractivity contribution < 1.29 is 27.9 Å². The summed E-state index contributed by atoms with van der Waals surface area (Å²) in [5, 5.41) is 11.7. The second-order valence-electron chi connectivity index (χ2n) is 5.83. The first kappa shape index (κ1) is 18.6. The number of nitrogens with one attached hydrogen (secondary N) is 1. The molecule has 8 nitrogen and oxygen atoms in total. The summed E-state index contributed by atoms with van der Waals surface area (Å²) in [6.07, 6.45) is 0. The number of hydrogen-bond acceptors (Lipinski definition) is 5. The highest BCUT2D eigenvalue weighted by atomic mass is 32.2. The van der Waals surface area contributed by atoms with Crippen LogP contribution in [-0.2, 0) is 16.6 Å². The molecule has 0 saturated carbocycles. The Labute approximate surface area is 155 Å². The van der Waals surface area contributed by atoms with E-state index in [2.05, 4.69) is 5.32 Å². The van der Waals surface area contributed by atoms with E-state index in [0.29, 0.717) is 5.56 Å². The Kier molecular flexibility index (Phi) is 4.71. The maximum absolute atomic E-state index is 12.4. The summed E-state index contributed by atoms with van der Waals surface area (Å²) in [5.41, 5.74) is 0.582. The summed E-state index contributed by atoms with van der Waals surface area (Å²) in [6, 6.07) is 10.1. The molecule has 0 saturated heterocycles. The molecule has 3 rings (SSSR count). The predicted octanol–water partition coefficient (Wildman–Crippen LogP) is 1.48. The van der Waals surface area contributed by atoms with E-state index in [4.69, 9.17) is 5.11 Å². The number of carboxylic acids is 1. The Morgan fingerprint density at radius 1 is 1.15 bits per heavy atom. The topological polar surface area (TPSA) is 121 Å². The van der Waals surface area contributed by atoms with Gasteiger partial charge in [-0.1, -0.05) is 18.2 Å². The zero-order valence-corrected chi connectivity index (χ0v) is 15.1. The van der Waals surface area contributed by atoms with Crippen molar-refractivity contribution in [3.8, 4) is 0 Å². The van der Waals surface area contributed by atoms with Crippen LogP contribution < -0.4 is 5.32 Å². The maximum Gasteiger partial charge on any atom is 0.336 e. The quantitative estimate of drug-likeness (QED) is 0.800. The van der Waals surface area contributed by atoms with Crippen molar-refractivity contribution in [3.05, 3.63) is 64.7 Å². The summed E-state index contributed by atoms with van der Waals surface area (Å²) in [5.74, 6) is -2.30. The first-order chi connectivity index (χ1) is 12.8. The van der Waals surface area contributed by atoms with Crippen molar-refractivity contribution in [3.63, 3.8) is 0 Å². The van der Waals surface area contributed by atoms with Crippen molar-refractivity contribution in [2.75, 3.05) is 6.54 Å². The average Bonchev–Trinajstić information content (AvgIpc) is 2.84. The lowest BCUT2D eigenvalue weighted by atomic mass is 10.1. The van der Waals surface area contributed by atoms with E-state index in [0.717, 1.165) is 10.4 Å². The van der Waals surface area contributed by atoms with E-state index < -0.39 is 27.8 Å². The molecular formula is C18H16N2O6S. The Hall–Kier alpha value is -3.20. The number of carbonyl (C=O) groups excluding carboxylic acids is 2. The fourth-order valence-corrected chi connectivity index (χ4v) is 4.49. The summed E-state index contributed by atoms with van der Waals surface area (Å²) < 4.78 is 25.6. The fourth-order valence-electron chi connectivity index (χ4n) is 2.89. The van der Waals surface area contributed by atoms with E-state index in [1.807, 2.05) is 0 Å². The van der Waals surface area contributed by atoms with Gasteiger partial charge in [0.25, 0.3) is 21.8 Å². The van der Waals surface area contributed by atoms with Crippen LogP contribution in [0.15, 0.2) is 47.4 Å². The minimum absolute atomic E-state index is 0.00332. The van der Waals surface area contributed by atoms with Crippen LogP contribution in [0.5, 0.6) is 0 Å². The van der Waals surface area contributed by atoms with E-state index >= 15 is 0 Å². The Balaban J connectivity index is 1.85. The van der Waals surface area contributed by atoms with Crippen molar-refractivity contribution >= 4 is 27.8 Å². The highest BCUT2D eigenvalue weighted by Crippen LogP contribution is 2.30. The molecule has 2 aromatic rings. The van der Waals surface area contributed by atoms with Crippen LogP contribution in [0.4, 0.5) is 0 Å². The largest absolute Gasteiger partial charge is 0.478 e. The van der Waals surface area contributed by atoms with Gasteiger partial charge in [-0.05, 0) is 36.8 Å². The molecule has 1 aliphatic heterocycles. The van der Waals surface area contributed by atoms with Gasteiger partial charge in [-0.25, -0.2) is 17.5 Å². The zero-order chi connectivity index (χ0) is 19.8. The van der Waals surface area contributed by atoms with E-state index in [-0.39, 0.29) is 34.7 Å². The van der Waals surface area contributed by atoms with Gasteiger partial charge in [-0.15, -0.1) is 0 Å². The standard InChI is InChI=1S/C18H16N2O6S/c1-2-20-17(22)14-8-7-11(9-15(14)27(20,25)26)16(21)19-10-12-5-3-4-6-13(12)18(23)24/h3-9H,2,10H2,1H3,(H,19,21)(H,23,24). The van der Waals surface area contributed by atoms with Gasteiger partial charge in [0.15, 0.2) is 0 Å². The predicted molar refractivity (Wildman–Crippen MR) is 94.9 cm³/mol. The molecule has 140 valence electrons. The molecular weight excluding hydrogens is 372 g/mol. The second-order valence-corrected chi connectivity index (χ2v) is 7.66. The summed E-state index contributed by atoms with van der Waals surface area (Å²) >= 11 is 0. The number of rotatable bonds is 5. The third kappa shape index (κ3) is 3.17. The number of nitrogens with zero attached hydrogens (tertiary/aromatic N) is 1. The van der Waals surface area contributed by atoms with Crippen molar-refractivity contribution in [1.82, 2.24) is 9.62 Å². The summed E-state index contributed by atoms with van der Waals surface area (Å²) in [4.78, 5) is 35.5. The Bertz CT molecular complexity index is 1060. The van der Waals surface area contributed by atoms with Crippen LogP contribution in [0.1, 0.15) is 43.6 Å². The van der Waals surface area contributed by atoms with Gasteiger partial charge < -0.3 is 10.4 Å². The lowest BCUT2D eigenvalue weighted by molar-refractivity contribution is 0.0694. The number of sulfonamides is 1. The molecule has 0 fully saturated rings. The number of carbonyl (C=O) groups is 3. The number of benzene rings is 2. The second kappa shape index (κ2) is 6.84. The van der Waals surface area contributed by atoms with Gasteiger partial charge in [0.2, 0.25) is 0 Å². The van der Waals surface area contributed by atoms with Gasteiger partial charge in [0, 0.05) is 18.7 Å². The van der Waals surface area contributed by atoms with Crippen molar-refractivity contribution in [2.45, 2.75) is 18.4 Å². The minimum Gasteiger partial charge on any atom is -0.478 e. The van der Waals surface area contributed by atoms with Crippen LogP contribution in [0.2, 0.25) is 0 Å². The number of hydrogen-bond donors (Lipinski definition) is 2. The fraction of sp³-hybridized carbons (Fsp3) is 0.167. The third-order valence-electron chi connectivity index (χ3n) is 4.24. The van der Waals surface area contributed by atoms with Gasteiger partial charge in [0.05, 0.1) is 11.1 Å². The van der Waals surface area contributed by atoms with Gasteiger partial charge >= 0.3 is 5.97 Å². The molecule has 1 heterocycles. The number of carboxylic acid groups (broad SMARTS) is 1. The number of aromatic carboxylic acids is 1. The molecule has 0 radical (unpaired) electrons. The highest BCUT2D eigenvalue weighted by molar-refractivity contribution is 7.90. The SMILES string of the molecule is CCN1C(=O)c2ccc(C(=O)NCc3ccccc3C(=O)O)cc2S1(=O)=O. The zero-order valence-electron chi connectivity index (χ0n) is 14.3. The lowest BCUT2D eigenvalue weighted by Gasteiger charge is -2.11. The van der Waals surface area contributed by atoms with Crippen LogP contribution in [0.3, 0.4) is 0 Å². The molecule has 1 aliphatic rings. The van der Waals surface area contributed by atoms with Crippen LogP contribution >= 0.6 is 0 Å². The highest BCUT2D eigenvalue weighted by Gasteiger charge is 2.40. The van der Waals surface area contributed by atoms with Crippen molar-refractivity contribution in [1.29, 1.82) is 0 Å². The van der Waals surface area contributed by atoms with Crippen LogP contribution in [-0.4, -0.2) is 42.2 Å². The van der Waals surface area contributed by atoms with Gasteiger partial charge in [0.1, 0.15) is 4.90 Å². The monoisotopic (exact) mass is 388 g/mol. The summed E-state index contributed by atoms with van der Waals surface area (Å²) in [7, 11) is -3.96. The summed E-state index contributed by atoms with van der Waals surface area (Å²) in [6.45, 7) is 1.52. The molecule has 2 aromatic carbocycles. The normalized spacial score (nSPS) is 14.7. The van der Waals surface area contributed by atoms with Crippen LogP contribution in [0.25, 0.3) is 0 Å². The Morgan fingerprint density at radius 2 is 1.85 bits per heavy atom. The molecule has 2 N–H and O–H groups in total. The van der Waals surface area contributed by atoms with E-state index in [9.17, 15) is 22.8 Å². The van der Waals surface area contributed by atoms with Crippen LogP contribution in [0, 0.1) is 0 Å². The smallest absolute Gasteiger partial charge is 0.336 e. The minimum atomic E-state index is -3.96. The number of amides is 2. The molecule has 0 bridgehead atoms.